The van der Waals surface area contributed by atoms with E-state index in [0.29, 0.717) is 18.6 Å². The Balaban J connectivity index is 1.79. The van der Waals surface area contributed by atoms with E-state index in [9.17, 15) is 12.8 Å². The van der Waals surface area contributed by atoms with E-state index in [-0.39, 0.29) is 18.0 Å². The van der Waals surface area contributed by atoms with Crippen molar-refractivity contribution in [3.8, 4) is 11.1 Å². The first kappa shape index (κ1) is 18.0. The highest BCUT2D eigenvalue weighted by Gasteiger charge is 2.33. The molecule has 0 saturated carbocycles. The summed E-state index contributed by atoms with van der Waals surface area (Å²) in [4.78, 5) is 3.85. The van der Waals surface area contributed by atoms with E-state index in [1.54, 1.807) is 20.0 Å². The summed E-state index contributed by atoms with van der Waals surface area (Å²) in [5.74, 6) is -0.385. The molecule has 1 aliphatic rings. The van der Waals surface area contributed by atoms with Crippen LogP contribution >= 0.6 is 0 Å². The Morgan fingerprint density at radius 2 is 1.92 bits per heavy atom. The number of ether oxygens (including phenoxy) is 1. The summed E-state index contributed by atoms with van der Waals surface area (Å²) in [7, 11) is -3.36. The molecule has 0 amide bonds. The SMILES string of the molecule is CC(C)S(=O)(=O)N[C@H]1CCO[C@H]1c1ccc(-c2cncc(F)c2)cc1. The van der Waals surface area contributed by atoms with Crippen LogP contribution in [0.25, 0.3) is 11.1 Å². The van der Waals surface area contributed by atoms with Crippen LogP contribution in [0.15, 0.2) is 42.7 Å². The third-order valence-electron chi connectivity index (χ3n) is 4.31. The third-order valence-corrected chi connectivity index (χ3v) is 6.18. The number of rotatable bonds is 5. The first-order valence-corrected chi connectivity index (χ1v) is 9.75. The maximum atomic E-state index is 13.3. The molecule has 1 fully saturated rings. The quantitative estimate of drug-likeness (QED) is 0.885. The zero-order valence-electron chi connectivity index (χ0n) is 14.1. The summed E-state index contributed by atoms with van der Waals surface area (Å²) < 4.78 is 46.0. The number of hydrogen-bond donors (Lipinski definition) is 1. The van der Waals surface area contributed by atoms with Gasteiger partial charge in [0.15, 0.2) is 0 Å². The highest BCUT2D eigenvalue weighted by Crippen LogP contribution is 2.31. The number of aromatic nitrogens is 1. The minimum atomic E-state index is -3.36. The second kappa shape index (κ2) is 7.19. The lowest BCUT2D eigenvalue weighted by atomic mass is 9.99. The molecule has 7 heteroatoms. The molecule has 2 aromatic rings. The molecule has 0 unspecified atom stereocenters. The molecule has 25 heavy (non-hydrogen) atoms. The van der Waals surface area contributed by atoms with E-state index in [2.05, 4.69) is 9.71 Å². The lowest BCUT2D eigenvalue weighted by Gasteiger charge is -2.21. The van der Waals surface area contributed by atoms with Crippen molar-refractivity contribution in [3.63, 3.8) is 0 Å². The van der Waals surface area contributed by atoms with Gasteiger partial charge in [0.05, 0.1) is 23.6 Å². The number of benzene rings is 1. The lowest BCUT2D eigenvalue weighted by Crippen LogP contribution is -2.40. The summed E-state index contributed by atoms with van der Waals surface area (Å²) >= 11 is 0. The average Bonchev–Trinajstić information content (AvgIpc) is 3.02. The molecule has 5 nitrogen and oxygen atoms in total. The molecule has 2 heterocycles. The van der Waals surface area contributed by atoms with E-state index in [1.165, 1.54) is 6.07 Å². The molecule has 0 bridgehead atoms. The molecule has 0 radical (unpaired) electrons. The maximum absolute atomic E-state index is 13.3. The third kappa shape index (κ3) is 4.05. The number of pyridine rings is 1. The molecule has 1 aromatic carbocycles. The summed E-state index contributed by atoms with van der Waals surface area (Å²) in [5.41, 5.74) is 2.42. The number of hydrogen-bond acceptors (Lipinski definition) is 4. The zero-order valence-corrected chi connectivity index (χ0v) is 15.0. The van der Waals surface area contributed by atoms with Gasteiger partial charge in [0.1, 0.15) is 5.82 Å². The van der Waals surface area contributed by atoms with E-state index >= 15 is 0 Å². The Morgan fingerprint density at radius 1 is 1.20 bits per heavy atom. The molecular weight excluding hydrogens is 343 g/mol. The van der Waals surface area contributed by atoms with Crippen LogP contribution in [0, 0.1) is 5.82 Å². The van der Waals surface area contributed by atoms with Crippen LogP contribution in [0.1, 0.15) is 31.9 Å². The molecule has 2 atom stereocenters. The first-order valence-electron chi connectivity index (χ1n) is 8.20. The van der Waals surface area contributed by atoms with Crippen molar-refractivity contribution >= 4 is 10.0 Å². The predicted molar refractivity (Wildman–Crippen MR) is 93.9 cm³/mol. The van der Waals surface area contributed by atoms with Crippen molar-refractivity contribution in [2.75, 3.05) is 6.61 Å². The Labute approximate surface area is 147 Å². The fraction of sp³-hybridized carbons (Fsp3) is 0.389. The van der Waals surface area contributed by atoms with Gasteiger partial charge in [-0.1, -0.05) is 24.3 Å². The van der Waals surface area contributed by atoms with Gasteiger partial charge in [-0.25, -0.2) is 17.5 Å². The van der Waals surface area contributed by atoms with Gasteiger partial charge in [0.2, 0.25) is 10.0 Å². The number of sulfonamides is 1. The molecule has 1 N–H and O–H groups in total. The standard InChI is InChI=1S/C18H21FN2O3S/c1-12(2)25(22,23)21-17-7-8-24-18(17)14-5-3-13(4-6-14)15-9-16(19)11-20-10-15/h3-6,9-12,17-18,21H,7-8H2,1-2H3/t17-,18-/m0/s1. The fourth-order valence-electron chi connectivity index (χ4n) is 2.82. The molecule has 0 spiro atoms. The normalized spacial score (nSPS) is 21.0. The van der Waals surface area contributed by atoms with E-state index in [1.807, 2.05) is 24.3 Å². The summed E-state index contributed by atoms with van der Waals surface area (Å²) in [6.45, 7) is 3.80. The summed E-state index contributed by atoms with van der Waals surface area (Å²) in [5, 5.41) is -0.489. The Hall–Kier alpha value is -1.83. The van der Waals surface area contributed by atoms with Gasteiger partial charge in [-0.2, -0.15) is 0 Å². The molecule has 1 aromatic heterocycles. The molecular formula is C18H21FN2O3S. The Bertz CT molecular complexity index is 838. The van der Waals surface area contributed by atoms with Crippen molar-refractivity contribution in [2.24, 2.45) is 0 Å². The minimum Gasteiger partial charge on any atom is -0.372 e. The maximum Gasteiger partial charge on any atom is 0.214 e. The van der Waals surface area contributed by atoms with Gasteiger partial charge in [-0.3, -0.25) is 4.98 Å². The van der Waals surface area contributed by atoms with Crippen LogP contribution in [0.5, 0.6) is 0 Å². The van der Waals surface area contributed by atoms with Gasteiger partial charge in [-0.15, -0.1) is 0 Å². The average molecular weight is 364 g/mol. The predicted octanol–water partition coefficient (Wildman–Crippen LogP) is 3.05. The number of nitrogens with one attached hydrogen (secondary N) is 1. The van der Waals surface area contributed by atoms with Crippen LogP contribution in [0.3, 0.4) is 0 Å². The van der Waals surface area contributed by atoms with Crippen LogP contribution in [0.2, 0.25) is 0 Å². The van der Waals surface area contributed by atoms with Gasteiger partial charge >= 0.3 is 0 Å². The van der Waals surface area contributed by atoms with Crippen molar-refractivity contribution in [3.05, 3.63) is 54.1 Å². The van der Waals surface area contributed by atoms with E-state index in [4.69, 9.17) is 4.74 Å². The van der Waals surface area contributed by atoms with Gasteiger partial charge in [0.25, 0.3) is 0 Å². The lowest BCUT2D eigenvalue weighted by molar-refractivity contribution is 0.102. The monoisotopic (exact) mass is 364 g/mol. The Kier molecular flexibility index (Phi) is 5.17. The minimum absolute atomic E-state index is 0.283. The van der Waals surface area contributed by atoms with Crippen LogP contribution in [-0.2, 0) is 14.8 Å². The summed E-state index contributed by atoms with van der Waals surface area (Å²) in [6, 6.07) is 8.63. The van der Waals surface area contributed by atoms with E-state index < -0.39 is 15.3 Å². The number of nitrogens with zero attached hydrogens (tertiary/aromatic N) is 1. The topological polar surface area (TPSA) is 68.3 Å². The van der Waals surface area contributed by atoms with Gasteiger partial charge in [0, 0.05) is 18.4 Å². The highest BCUT2D eigenvalue weighted by atomic mass is 32.2. The largest absolute Gasteiger partial charge is 0.372 e. The van der Waals surface area contributed by atoms with Gasteiger partial charge < -0.3 is 4.74 Å². The van der Waals surface area contributed by atoms with Crippen molar-refractivity contribution < 1.29 is 17.5 Å². The fourth-order valence-corrected chi connectivity index (χ4v) is 3.76. The molecule has 3 rings (SSSR count). The van der Waals surface area contributed by atoms with Crippen LogP contribution in [-0.4, -0.2) is 31.3 Å². The Morgan fingerprint density at radius 3 is 2.56 bits per heavy atom. The zero-order chi connectivity index (χ0) is 18.0. The van der Waals surface area contributed by atoms with Crippen LogP contribution < -0.4 is 4.72 Å². The molecule has 0 aliphatic carbocycles. The molecule has 1 aliphatic heterocycles. The van der Waals surface area contributed by atoms with Gasteiger partial charge in [-0.05, 0) is 37.5 Å². The smallest absolute Gasteiger partial charge is 0.214 e. The van der Waals surface area contributed by atoms with E-state index in [0.717, 1.165) is 17.3 Å². The van der Waals surface area contributed by atoms with Crippen LogP contribution in [0.4, 0.5) is 4.39 Å². The second-order valence-electron chi connectivity index (χ2n) is 6.41. The van der Waals surface area contributed by atoms with Crippen molar-refractivity contribution in [2.45, 2.75) is 37.7 Å². The number of halogens is 1. The first-order chi connectivity index (χ1) is 11.9. The van der Waals surface area contributed by atoms with Crippen molar-refractivity contribution in [1.29, 1.82) is 0 Å². The molecule has 1 saturated heterocycles. The molecule has 134 valence electrons. The second-order valence-corrected chi connectivity index (χ2v) is 8.68. The van der Waals surface area contributed by atoms with Crippen molar-refractivity contribution in [1.82, 2.24) is 9.71 Å². The summed E-state index contributed by atoms with van der Waals surface area (Å²) in [6.07, 6.45) is 3.07. The highest BCUT2D eigenvalue weighted by molar-refractivity contribution is 7.90.